The molecule has 162 valence electrons. The van der Waals surface area contributed by atoms with Crippen molar-refractivity contribution in [1.82, 2.24) is 15.6 Å². The predicted molar refractivity (Wildman–Crippen MR) is 109 cm³/mol. The Bertz CT molecular complexity index is 761. The molecule has 0 aliphatic carbocycles. The van der Waals surface area contributed by atoms with Crippen molar-refractivity contribution >= 4 is 18.0 Å². The number of aromatic nitrogens is 1. The Morgan fingerprint density at radius 2 is 1.83 bits per heavy atom. The van der Waals surface area contributed by atoms with Crippen molar-refractivity contribution < 1.29 is 25.6 Å². The van der Waals surface area contributed by atoms with Crippen LogP contribution in [0.1, 0.15) is 60.7 Å². The molecule has 29 heavy (non-hydrogen) atoms. The fourth-order valence-electron chi connectivity index (χ4n) is 2.61. The van der Waals surface area contributed by atoms with Crippen LogP contribution in [-0.2, 0) is 20.7 Å². The SMILES string of the molecule is [2H]CC(C)(C)C[C@H](NC(=O)OC(C)(C)C)C(=O)N[C@@H](Cc1cccc(C)n1)C(=O)O. The zero-order valence-electron chi connectivity index (χ0n) is 19.0. The van der Waals surface area contributed by atoms with E-state index in [0.29, 0.717) is 5.69 Å². The third kappa shape index (κ3) is 9.91. The molecule has 0 radical (unpaired) electrons. The van der Waals surface area contributed by atoms with Crippen molar-refractivity contribution in [2.75, 3.05) is 0 Å². The zero-order chi connectivity index (χ0) is 23.1. The number of aryl methyl sites for hydroxylation is 1. The summed E-state index contributed by atoms with van der Waals surface area (Å²) in [6, 6.07) is 2.99. The molecule has 0 aliphatic rings. The molecule has 0 fully saturated rings. The lowest BCUT2D eigenvalue weighted by Crippen LogP contribution is -2.53. The number of nitrogens with one attached hydrogen (secondary N) is 2. The van der Waals surface area contributed by atoms with Crippen LogP contribution >= 0.6 is 0 Å². The Morgan fingerprint density at radius 1 is 1.17 bits per heavy atom. The van der Waals surface area contributed by atoms with E-state index in [1.54, 1.807) is 59.7 Å². The molecule has 1 aromatic rings. The highest BCUT2D eigenvalue weighted by Crippen LogP contribution is 2.21. The lowest BCUT2D eigenvalue weighted by molar-refractivity contribution is -0.142. The number of carboxylic acids is 1. The third-order valence-corrected chi connectivity index (χ3v) is 3.74. The molecule has 2 atom stereocenters. The first kappa shape index (κ1) is 22.6. The van der Waals surface area contributed by atoms with Crippen molar-refractivity contribution in [2.24, 2.45) is 5.41 Å². The number of ether oxygens (including phenoxy) is 1. The molecule has 0 saturated carbocycles. The van der Waals surface area contributed by atoms with Crippen molar-refractivity contribution in [3.8, 4) is 0 Å². The summed E-state index contributed by atoms with van der Waals surface area (Å²) in [5, 5.41) is 14.6. The van der Waals surface area contributed by atoms with Crippen LogP contribution in [0.4, 0.5) is 4.79 Å². The number of nitrogens with zero attached hydrogens (tertiary/aromatic N) is 1. The molecule has 8 nitrogen and oxygen atoms in total. The van der Waals surface area contributed by atoms with Crippen molar-refractivity contribution in [1.29, 1.82) is 0 Å². The standard InChI is InChI=1S/C21H33N3O5/c1-13-9-8-10-14(22-13)11-15(18(26)27)23-17(25)16(12-20(2,3)4)24-19(28)29-21(5,6)7/h8-10,15-16H,11-12H2,1-7H3,(H,23,25)(H,24,28)(H,26,27)/t15-,16-/m0/s1/i2D. The van der Waals surface area contributed by atoms with E-state index in [2.05, 4.69) is 15.6 Å². The second kappa shape index (κ2) is 9.71. The number of rotatable bonds is 7. The van der Waals surface area contributed by atoms with Gasteiger partial charge in [0.05, 0.1) is 0 Å². The molecule has 0 aromatic carbocycles. The van der Waals surface area contributed by atoms with Crippen LogP contribution in [-0.4, -0.2) is 45.7 Å². The summed E-state index contributed by atoms with van der Waals surface area (Å²) in [5.74, 6) is -1.86. The minimum Gasteiger partial charge on any atom is -0.480 e. The van der Waals surface area contributed by atoms with E-state index in [9.17, 15) is 19.5 Å². The highest BCUT2D eigenvalue weighted by molar-refractivity contribution is 5.89. The molecule has 1 aromatic heterocycles. The molecule has 1 heterocycles. The quantitative estimate of drug-likeness (QED) is 0.638. The maximum absolute atomic E-state index is 12.9. The lowest BCUT2D eigenvalue weighted by atomic mass is 9.87. The van der Waals surface area contributed by atoms with Gasteiger partial charge in [-0.25, -0.2) is 9.59 Å². The smallest absolute Gasteiger partial charge is 0.408 e. The van der Waals surface area contributed by atoms with Gasteiger partial charge in [0.15, 0.2) is 0 Å². The van der Waals surface area contributed by atoms with Crippen LogP contribution < -0.4 is 10.6 Å². The molecular weight excluding hydrogens is 374 g/mol. The van der Waals surface area contributed by atoms with Crippen LogP contribution in [0.5, 0.6) is 0 Å². The molecule has 0 saturated heterocycles. The summed E-state index contributed by atoms with van der Waals surface area (Å²) in [6.45, 7) is 10.5. The summed E-state index contributed by atoms with van der Waals surface area (Å²) < 4.78 is 12.9. The number of hydrogen-bond acceptors (Lipinski definition) is 5. The van der Waals surface area contributed by atoms with Gasteiger partial charge in [-0.3, -0.25) is 9.78 Å². The van der Waals surface area contributed by atoms with E-state index < -0.39 is 41.1 Å². The van der Waals surface area contributed by atoms with Gasteiger partial charge in [-0.15, -0.1) is 0 Å². The van der Waals surface area contributed by atoms with Gasteiger partial charge in [-0.05, 0) is 51.7 Å². The van der Waals surface area contributed by atoms with Crippen molar-refractivity contribution in [3.63, 3.8) is 0 Å². The van der Waals surface area contributed by atoms with Crippen LogP contribution in [0.15, 0.2) is 18.2 Å². The number of carbonyl (C=O) groups is 3. The number of alkyl carbamates (subject to hydrolysis) is 1. The summed E-state index contributed by atoms with van der Waals surface area (Å²) >= 11 is 0. The van der Waals surface area contributed by atoms with Gasteiger partial charge in [0.25, 0.3) is 0 Å². The second-order valence-corrected chi connectivity index (χ2v) is 8.94. The molecule has 8 heteroatoms. The summed E-state index contributed by atoms with van der Waals surface area (Å²) in [5.41, 5.74) is -0.0555. The number of pyridine rings is 1. The summed E-state index contributed by atoms with van der Waals surface area (Å²) in [6.07, 6.45) is -0.629. The minimum atomic E-state index is -1.21. The molecule has 0 spiro atoms. The number of amides is 2. The fraction of sp³-hybridized carbons (Fsp3) is 0.619. The van der Waals surface area contributed by atoms with E-state index in [4.69, 9.17) is 6.11 Å². The third-order valence-electron chi connectivity index (χ3n) is 3.74. The van der Waals surface area contributed by atoms with Gasteiger partial charge in [0, 0.05) is 19.2 Å². The van der Waals surface area contributed by atoms with Gasteiger partial charge in [0.1, 0.15) is 17.7 Å². The maximum Gasteiger partial charge on any atom is 0.408 e. The van der Waals surface area contributed by atoms with Crippen LogP contribution in [0.25, 0.3) is 0 Å². The molecule has 3 N–H and O–H groups in total. The highest BCUT2D eigenvalue weighted by Gasteiger charge is 2.31. The van der Waals surface area contributed by atoms with Crippen molar-refractivity contribution in [2.45, 2.75) is 79.0 Å². The van der Waals surface area contributed by atoms with Gasteiger partial charge in [0.2, 0.25) is 5.91 Å². The highest BCUT2D eigenvalue weighted by atomic mass is 16.6. The van der Waals surface area contributed by atoms with Gasteiger partial charge in [-0.2, -0.15) is 0 Å². The molecule has 0 bridgehead atoms. The van der Waals surface area contributed by atoms with E-state index in [0.717, 1.165) is 5.69 Å². The first-order valence-corrected chi connectivity index (χ1v) is 9.47. The minimum absolute atomic E-state index is 0.00372. The Hall–Kier alpha value is -2.64. The van der Waals surface area contributed by atoms with E-state index in [1.807, 2.05) is 0 Å². The monoisotopic (exact) mass is 408 g/mol. The predicted octanol–water partition coefficient (Wildman–Crippen LogP) is 2.83. The molecule has 0 unspecified atom stereocenters. The van der Waals surface area contributed by atoms with Gasteiger partial charge in [-0.1, -0.05) is 26.8 Å². The number of carboxylic acid groups (broad SMARTS) is 1. The molecule has 0 aliphatic heterocycles. The van der Waals surface area contributed by atoms with Crippen LogP contribution in [0.2, 0.25) is 0 Å². The van der Waals surface area contributed by atoms with E-state index in [1.165, 1.54) is 0 Å². The fourth-order valence-corrected chi connectivity index (χ4v) is 2.61. The molecular formula is C21H33N3O5. The zero-order valence-corrected chi connectivity index (χ0v) is 18.0. The lowest BCUT2D eigenvalue weighted by Gasteiger charge is -2.28. The van der Waals surface area contributed by atoms with E-state index in [-0.39, 0.29) is 19.7 Å². The van der Waals surface area contributed by atoms with Crippen LogP contribution in [0, 0.1) is 12.3 Å². The van der Waals surface area contributed by atoms with Crippen LogP contribution in [0.3, 0.4) is 0 Å². The Morgan fingerprint density at radius 3 is 2.34 bits per heavy atom. The molecule has 2 amide bonds. The number of carbonyl (C=O) groups excluding carboxylic acids is 2. The Kier molecular flexibility index (Phi) is 7.59. The first-order valence-electron chi connectivity index (χ1n) is 10.2. The first-order chi connectivity index (χ1) is 13.7. The Balaban J connectivity index is 2.98. The van der Waals surface area contributed by atoms with Gasteiger partial charge >= 0.3 is 12.1 Å². The Labute approximate surface area is 173 Å². The average molecular weight is 409 g/mol. The number of aliphatic carboxylic acids is 1. The number of hydrogen-bond donors (Lipinski definition) is 3. The second-order valence-electron chi connectivity index (χ2n) is 8.94. The largest absolute Gasteiger partial charge is 0.480 e. The normalized spacial score (nSPS) is 14.3. The maximum atomic E-state index is 12.9. The van der Waals surface area contributed by atoms with Gasteiger partial charge < -0.3 is 20.5 Å². The summed E-state index contributed by atoms with van der Waals surface area (Å²) in [4.78, 5) is 41.1. The summed E-state index contributed by atoms with van der Waals surface area (Å²) in [7, 11) is 0. The van der Waals surface area contributed by atoms with Crippen molar-refractivity contribution in [3.05, 3.63) is 29.6 Å². The average Bonchev–Trinajstić information content (AvgIpc) is 2.58. The molecule has 1 rings (SSSR count). The topological polar surface area (TPSA) is 118 Å². The van der Waals surface area contributed by atoms with E-state index >= 15 is 0 Å².